The van der Waals surface area contributed by atoms with Crippen LogP contribution in [0.1, 0.15) is 52.9 Å². The van der Waals surface area contributed by atoms with Crippen LogP contribution >= 0.6 is 0 Å². The fourth-order valence-electron chi connectivity index (χ4n) is 6.34. The smallest absolute Gasteiger partial charge is 0.306 e. The maximum atomic E-state index is 12.2. The molecule has 2 heterocycles. The largest absolute Gasteiger partial charge is 0.462 e. The van der Waals surface area contributed by atoms with Gasteiger partial charge in [-0.2, -0.15) is 0 Å². The van der Waals surface area contributed by atoms with E-state index in [2.05, 4.69) is 81.4 Å². The molecule has 0 N–H and O–H groups in total. The lowest BCUT2D eigenvalue weighted by molar-refractivity contribution is -0.198. The summed E-state index contributed by atoms with van der Waals surface area (Å²) in [5.41, 5.74) is 0. The third kappa shape index (κ3) is 4.86. The Labute approximate surface area is 210 Å². The van der Waals surface area contributed by atoms with Crippen molar-refractivity contribution in [2.45, 2.75) is 76.4 Å². The molecule has 0 spiro atoms. The highest BCUT2D eigenvalue weighted by atomic mass is 28.4. The highest BCUT2D eigenvalue weighted by Gasteiger charge is 2.55. The zero-order valence-electron chi connectivity index (χ0n) is 21.2. The monoisotopic (exact) mass is 494 g/mol. The molecule has 3 aliphatic rings. The first-order chi connectivity index (χ1) is 16.9. The first-order valence-corrected chi connectivity index (χ1v) is 15.0. The minimum absolute atomic E-state index is 0.0283. The molecule has 0 radical (unpaired) electrons. The predicted octanol–water partition coefficient (Wildman–Crippen LogP) is 4.43. The summed E-state index contributed by atoms with van der Waals surface area (Å²) in [6.45, 7) is 8.18. The maximum Gasteiger partial charge on any atom is 0.306 e. The fourth-order valence-corrected chi connectivity index (χ4v) is 10.9. The molecule has 5 unspecified atom stereocenters. The Morgan fingerprint density at radius 2 is 1.63 bits per heavy atom. The number of esters is 1. The highest BCUT2D eigenvalue weighted by Crippen LogP contribution is 2.45. The van der Waals surface area contributed by atoms with Gasteiger partial charge in [0.05, 0.1) is 12.5 Å². The van der Waals surface area contributed by atoms with Crippen molar-refractivity contribution in [3.8, 4) is 0 Å². The molecular formula is C29H38O5Si. The second-order valence-electron chi connectivity index (χ2n) is 11.2. The van der Waals surface area contributed by atoms with Crippen molar-refractivity contribution in [1.29, 1.82) is 0 Å². The number of ether oxygens (including phenoxy) is 3. The third-order valence-electron chi connectivity index (χ3n) is 8.03. The lowest BCUT2D eigenvalue weighted by Gasteiger charge is -2.44. The molecule has 3 fully saturated rings. The number of hydrogen-bond donors (Lipinski definition) is 0. The summed E-state index contributed by atoms with van der Waals surface area (Å²) in [6, 6.07) is 21.4. The van der Waals surface area contributed by atoms with Crippen LogP contribution in [0, 0.1) is 11.8 Å². The summed E-state index contributed by atoms with van der Waals surface area (Å²) in [4.78, 5) is 12.2. The predicted molar refractivity (Wildman–Crippen MR) is 138 cm³/mol. The summed E-state index contributed by atoms with van der Waals surface area (Å²) in [6.07, 6.45) is 4.04. The molecule has 2 aromatic carbocycles. The highest BCUT2D eigenvalue weighted by molar-refractivity contribution is 6.99. The molecule has 0 bridgehead atoms. The van der Waals surface area contributed by atoms with Gasteiger partial charge >= 0.3 is 5.97 Å². The molecule has 2 aliphatic heterocycles. The van der Waals surface area contributed by atoms with Gasteiger partial charge in [-0.3, -0.25) is 4.79 Å². The van der Waals surface area contributed by atoms with Crippen LogP contribution in [0.25, 0.3) is 0 Å². The molecule has 188 valence electrons. The van der Waals surface area contributed by atoms with E-state index in [4.69, 9.17) is 18.6 Å². The van der Waals surface area contributed by atoms with Crippen molar-refractivity contribution in [1.82, 2.24) is 0 Å². The van der Waals surface area contributed by atoms with Gasteiger partial charge in [0.15, 0.2) is 6.29 Å². The molecule has 0 aromatic heterocycles. The van der Waals surface area contributed by atoms with Crippen LogP contribution in [-0.2, 0) is 23.4 Å². The van der Waals surface area contributed by atoms with Gasteiger partial charge in [-0.1, -0.05) is 81.4 Å². The number of hydrogen-bond acceptors (Lipinski definition) is 5. The Hall–Kier alpha value is -1.99. The molecule has 5 rings (SSSR count). The number of benzene rings is 2. The maximum absolute atomic E-state index is 12.2. The van der Waals surface area contributed by atoms with E-state index in [0.29, 0.717) is 13.0 Å². The van der Waals surface area contributed by atoms with Crippen molar-refractivity contribution < 1.29 is 23.4 Å². The quantitative estimate of drug-likeness (QED) is 0.421. The fraction of sp³-hybridized carbons (Fsp3) is 0.552. The Balaban J connectivity index is 1.47. The molecule has 5 atom stereocenters. The van der Waals surface area contributed by atoms with E-state index in [0.717, 1.165) is 32.3 Å². The summed E-state index contributed by atoms with van der Waals surface area (Å²) in [5, 5.41) is 2.43. The van der Waals surface area contributed by atoms with Crippen LogP contribution in [0.4, 0.5) is 0 Å². The summed E-state index contributed by atoms with van der Waals surface area (Å²) in [5.74, 6) is 0.135. The molecule has 2 aromatic rings. The molecule has 1 aliphatic carbocycles. The third-order valence-corrected chi connectivity index (χ3v) is 13.0. The number of fused-ring (bicyclic) bond motifs is 1. The first-order valence-electron chi connectivity index (χ1n) is 13.1. The average molecular weight is 495 g/mol. The number of carbonyl (C=O) groups is 1. The second kappa shape index (κ2) is 10.2. The molecular weight excluding hydrogens is 456 g/mol. The van der Waals surface area contributed by atoms with Crippen LogP contribution in [0.2, 0.25) is 5.04 Å². The zero-order valence-corrected chi connectivity index (χ0v) is 22.2. The Morgan fingerprint density at radius 1 is 0.971 bits per heavy atom. The topological polar surface area (TPSA) is 54.0 Å². The van der Waals surface area contributed by atoms with E-state index < -0.39 is 8.32 Å². The van der Waals surface area contributed by atoms with E-state index in [-0.39, 0.29) is 41.3 Å². The van der Waals surface area contributed by atoms with Crippen LogP contribution < -0.4 is 10.4 Å². The Kier molecular flexibility index (Phi) is 7.17. The van der Waals surface area contributed by atoms with Gasteiger partial charge in [0.1, 0.15) is 6.10 Å². The van der Waals surface area contributed by atoms with E-state index in [1.54, 1.807) is 0 Å². The van der Waals surface area contributed by atoms with Crippen molar-refractivity contribution in [3.05, 3.63) is 60.7 Å². The van der Waals surface area contributed by atoms with E-state index in [1.807, 2.05) is 0 Å². The Morgan fingerprint density at radius 3 is 2.20 bits per heavy atom. The SMILES string of the molecule is CC(C)(C)[Si](OCC1C(OC2CCCCO2)CC2OC(=O)CC21)(c1ccccc1)c1ccccc1. The molecule has 1 saturated carbocycles. The van der Waals surface area contributed by atoms with Crippen molar-refractivity contribution in [2.75, 3.05) is 13.2 Å². The molecule has 2 saturated heterocycles. The second-order valence-corrected chi connectivity index (χ2v) is 15.5. The zero-order chi connectivity index (χ0) is 24.5. The minimum Gasteiger partial charge on any atom is -0.462 e. The molecule has 6 heteroatoms. The molecule has 35 heavy (non-hydrogen) atoms. The standard InChI is InChI=1S/C29H38O5Si/c1-29(2,3)35(21-12-6-4-7-13-21,22-14-8-5-9-15-22)32-20-24-23-18-27(30)33-25(23)19-26(24)34-28-16-10-11-17-31-28/h4-9,12-15,23-26,28H,10-11,16-20H2,1-3H3. The van der Waals surface area contributed by atoms with Crippen LogP contribution in [0.15, 0.2) is 60.7 Å². The molecule has 5 nitrogen and oxygen atoms in total. The lowest BCUT2D eigenvalue weighted by atomic mass is 9.93. The van der Waals surface area contributed by atoms with Gasteiger partial charge in [0.2, 0.25) is 0 Å². The van der Waals surface area contributed by atoms with Gasteiger partial charge in [-0.25, -0.2) is 0 Å². The first kappa shape index (κ1) is 24.7. The minimum atomic E-state index is -2.67. The summed E-state index contributed by atoms with van der Waals surface area (Å²) in [7, 11) is -2.67. The van der Waals surface area contributed by atoms with Gasteiger partial charge in [0.25, 0.3) is 8.32 Å². The van der Waals surface area contributed by atoms with Crippen molar-refractivity contribution >= 4 is 24.7 Å². The van der Waals surface area contributed by atoms with Gasteiger partial charge in [-0.05, 0) is 34.7 Å². The van der Waals surface area contributed by atoms with E-state index >= 15 is 0 Å². The van der Waals surface area contributed by atoms with Crippen LogP contribution in [0.3, 0.4) is 0 Å². The van der Waals surface area contributed by atoms with Crippen molar-refractivity contribution in [3.63, 3.8) is 0 Å². The lowest BCUT2D eigenvalue weighted by Crippen LogP contribution is -2.67. The average Bonchev–Trinajstić information content (AvgIpc) is 3.36. The number of carbonyl (C=O) groups excluding carboxylic acids is 1. The van der Waals surface area contributed by atoms with E-state index in [9.17, 15) is 4.79 Å². The Bertz CT molecular complexity index is 944. The van der Waals surface area contributed by atoms with Crippen LogP contribution in [0.5, 0.6) is 0 Å². The van der Waals surface area contributed by atoms with E-state index in [1.165, 1.54) is 10.4 Å². The van der Waals surface area contributed by atoms with Gasteiger partial charge in [0, 0.05) is 31.5 Å². The van der Waals surface area contributed by atoms with Gasteiger partial charge < -0.3 is 18.6 Å². The normalized spacial score (nSPS) is 29.1. The van der Waals surface area contributed by atoms with Crippen LogP contribution in [-0.4, -0.2) is 46.0 Å². The molecule has 0 amide bonds. The summed E-state index contributed by atoms with van der Waals surface area (Å²) < 4.78 is 25.4. The number of rotatable bonds is 7. The van der Waals surface area contributed by atoms with Gasteiger partial charge in [-0.15, -0.1) is 0 Å². The van der Waals surface area contributed by atoms with Crippen molar-refractivity contribution in [2.24, 2.45) is 11.8 Å². The summed E-state index contributed by atoms with van der Waals surface area (Å²) >= 11 is 0.